The van der Waals surface area contributed by atoms with Gasteiger partial charge >= 0.3 is 0 Å². The molecule has 0 aromatic carbocycles. The second-order valence-corrected chi connectivity index (χ2v) is 5.33. The molecule has 0 saturated carbocycles. The van der Waals surface area contributed by atoms with E-state index in [0.717, 1.165) is 6.42 Å². The zero-order chi connectivity index (χ0) is 15.0. The van der Waals surface area contributed by atoms with Crippen LogP contribution in [0.15, 0.2) is 0 Å². The van der Waals surface area contributed by atoms with Gasteiger partial charge in [0.25, 0.3) is 0 Å². The molecule has 3 amide bonds. The van der Waals surface area contributed by atoms with Crippen LogP contribution < -0.4 is 5.32 Å². The van der Waals surface area contributed by atoms with Crippen LogP contribution in [0.2, 0.25) is 0 Å². The van der Waals surface area contributed by atoms with Gasteiger partial charge in [-0.05, 0) is 12.3 Å². The van der Waals surface area contributed by atoms with E-state index >= 15 is 0 Å². The van der Waals surface area contributed by atoms with E-state index < -0.39 is 0 Å². The molecule has 1 N–H and O–H groups in total. The van der Waals surface area contributed by atoms with E-state index in [9.17, 15) is 14.4 Å². The molecule has 0 unspecified atom stereocenters. The lowest BCUT2D eigenvalue weighted by atomic mass is 10.1. The average molecular weight is 284 g/mol. The number of hydrogen-bond donors (Lipinski definition) is 1. The molecule has 6 heteroatoms. The first kappa shape index (κ1) is 16.6. The van der Waals surface area contributed by atoms with E-state index in [1.165, 1.54) is 4.90 Å². The first-order valence-corrected chi connectivity index (χ1v) is 7.18. The maximum absolute atomic E-state index is 11.5. The van der Waals surface area contributed by atoms with Gasteiger partial charge in [0.2, 0.25) is 17.7 Å². The van der Waals surface area contributed by atoms with E-state index in [1.807, 2.05) is 0 Å². The molecule has 20 heavy (non-hydrogen) atoms. The van der Waals surface area contributed by atoms with Crippen molar-refractivity contribution in [2.24, 2.45) is 5.92 Å². The molecule has 1 saturated heterocycles. The van der Waals surface area contributed by atoms with E-state index in [-0.39, 0.29) is 43.5 Å². The second-order valence-electron chi connectivity index (χ2n) is 5.33. The lowest BCUT2D eigenvalue weighted by Crippen LogP contribution is -2.35. The van der Waals surface area contributed by atoms with Crippen molar-refractivity contribution < 1.29 is 19.1 Å². The van der Waals surface area contributed by atoms with E-state index in [2.05, 4.69) is 19.2 Å². The van der Waals surface area contributed by atoms with Gasteiger partial charge in [0.05, 0.1) is 6.61 Å². The van der Waals surface area contributed by atoms with Crippen molar-refractivity contribution in [1.82, 2.24) is 10.2 Å². The molecule has 0 spiro atoms. The zero-order valence-corrected chi connectivity index (χ0v) is 12.3. The first-order chi connectivity index (χ1) is 9.50. The molecule has 1 heterocycles. The summed E-state index contributed by atoms with van der Waals surface area (Å²) >= 11 is 0. The van der Waals surface area contributed by atoms with Gasteiger partial charge in [0, 0.05) is 39.0 Å². The van der Waals surface area contributed by atoms with Crippen LogP contribution in [-0.2, 0) is 19.1 Å². The third-order valence-corrected chi connectivity index (χ3v) is 3.13. The molecule has 0 aromatic rings. The number of likely N-dealkylation sites (tertiary alicyclic amines) is 1. The summed E-state index contributed by atoms with van der Waals surface area (Å²) in [6, 6.07) is 0. The van der Waals surface area contributed by atoms with Crippen LogP contribution in [0.25, 0.3) is 0 Å². The second kappa shape index (κ2) is 8.68. The number of ether oxygens (including phenoxy) is 1. The molecule has 1 rings (SSSR count). The predicted molar refractivity (Wildman–Crippen MR) is 73.9 cm³/mol. The fraction of sp³-hybridized carbons (Fsp3) is 0.786. The Balaban J connectivity index is 2.03. The number of hydrogen-bond acceptors (Lipinski definition) is 4. The fourth-order valence-electron chi connectivity index (χ4n) is 1.86. The molecule has 0 atom stereocenters. The first-order valence-electron chi connectivity index (χ1n) is 7.18. The van der Waals surface area contributed by atoms with Crippen LogP contribution in [0.4, 0.5) is 0 Å². The Labute approximate surface area is 119 Å². The van der Waals surface area contributed by atoms with Crippen LogP contribution >= 0.6 is 0 Å². The lowest BCUT2D eigenvalue weighted by Gasteiger charge is -2.13. The maximum Gasteiger partial charge on any atom is 0.229 e. The summed E-state index contributed by atoms with van der Waals surface area (Å²) in [5.41, 5.74) is 0. The molecule has 6 nitrogen and oxygen atoms in total. The summed E-state index contributed by atoms with van der Waals surface area (Å²) in [4.78, 5) is 35.4. The molecular weight excluding hydrogens is 260 g/mol. The summed E-state index contributed by atoms with van der Waals surface area (Å²) in [6.45, 7) is 6.08. The highest BCUT2D eigenvalue weighted by Gasteiger charge is 2.28. The van der Waals surface area contributed by atoms with Crippen molar-refractivity contribution in [2.75, 3.05) is 26.3 Å². The van der Waals surface area contributed by atoms with Gasteiger partial charge < -0.3 is 10.1 Å². The SMILES string of the molecule is CC(C)CCOCCNC(=O)CCN1C(=O)CCC1=O. The van der Waals surface area contributed by atoms with Gasteiger partial charge in [-0.15, -0.1) is 0 Å². The van der Waals surface area contributed by atoms with Crippen LogP contribution in [0.3, 0.4) is 0 Å². The summed E-state index contributed by atoms with van der Waals surface area (Å²) in [5, 5.41) is 2.71. The number of imide groups is 1. The topological polar surface area (TPSA) is 75.7 Å². The Morgan fingerprint density at radius 1 is 1.25 bits per heavy atom. The quantitative estimate of drug-likeness (QED) is 0.499. The van der Waals surface area contributed by atoms with Crippen molar-refractivity contribution in [3.63, 3.8) is 0 Å². The number of carbonyl (C=O) groups is 3. The van der Waals surface area contributed by atoms with Crippen molar-refractivity contribution in [1.29, 1.82) is 0 Å². The largest absolute Gasteiger partial charge is 0.380 e. The van der Waals surface area contributed by atoms with Crippen molar-refractivity contribution in [2.45, 2.75) is 39.5 Å². The van der Waals surface area contributed by atoms with Gasteiger partial charge in [-0.1, -0.05) is 13.8 Å². The van der Waals surface area contributed by atoms with Crippen LogP contribution in [0.1, 0.15) is 39.5 Å². The van der Waals surface area contributed by atoms with Gasteiger partial charge in [0.1, 0.15) is 0 Å². The monoisotopic (exact) mass is 284 g/mol. The summed E-state index contributed by atoms with van der Waals surface area (Å²) in [7, 11) is 0. The Kier molecular flexibility index (Phi) is 7.22. The van der Waals surface area contributed by atoms with Gasteiger partial charge in [-0.25, -0.2) is 0 Å². The Morgan fingerprint density at radius 3 is 2.50 bits per heavy atom. The zero-order valence-electron chi connectivity index (χ0n) is 12.3. The van der Waals surface area contributed by atoms with E-state index in [1.54, 1.807) is 0 Å². The van der Waals surface area contributed by atoms with Gasteiger partial charge in [-0.2, -0.15) is 0 Å². The Bertz CT molecular complexity index is 339. The van der Waals surface area contributed by atoms with Crippen LogP contribution in [0, 0.1) is 5.92 Å². The highest BCUT2D eigenvalue weighted by molar-refractivity contribution is 6.02. The number of amides is 3. The van der Waals surface area contributed by atoms with Crippen LogP contribution in [0.5, 0.6) is 0 Å². The third-order valence-electron chi connectivity index (χ3n) is 3.13. The number of carbonyl (C=O) groups excluding carboxylic acids is 3. The summed E-state index contributed by atoms with van der Waals surface area (Å²) in [5.74, 6) is 0.0877. The highest BCUT2D eigenvalue weighted by Crippen LogP contribution is 2.11. The van der Waals surface area contributed by atoms with Gasteiger partial charge in [-0.3, -0.25) is 19.3 Å². The van der Waals surface area contributed by atoms with Crippen molar-refractivity contribution >= 4 is 17.7 Å². The molecule has 0 radical (unpaired) electrons. The molecular formula is C14H24N2O4. The van der Waals surface area contributed by atoms with Gasteiger partial charge in [0.15, 0.2) is 0 Å². The molecule has 114 valence electrons. The maximum atomic E-state index is 11.5. The predicted octanol–water partition coefficient (Wildman–Crippen LogP) is 0.704. The molecule has 1 aliphatic rings. The summed E-state index contributed by atoms with van der Waals surface area (Å²) < 4.78 is 5.37. The Morgan fingerprint density at radius 2 is 1.90 bits per heavy atom. The average Bonchev–Trinajstić information content (AvgIpc) is 2.70. The van der Waals surface area contributed by atoms with E-state index in [4.69, 9.17) is 4.74 Å². The lowest BCUT2D eigenvalue weighted by molar-refractivity contribution is -0.138. The molecule has 0 aromatic heterocycles. The Hall–Kier alpha value is -1.43. The number of nitrogens with one attached hydrogen (secondary N) is 1. The summed E-state index contributed by atoms with van der Waals surface area (Å²) in [6.07, 6.45) is 1.70. The van der Waals surface area contributed by atoms with Crippen molar-refractivity contribution in [3.05, 3.63) is 0 Å². The molecule has 0 bridgehead atoms. The standard InChI is InChI=1S/C14H24N2O4/c1-11(2)6-9-20-10-7-15-12(17)5-8-16-13(18)3-4-14(16)19/h11H,3-10H2,1-2H3,(H,15,17). The van der Waals surface area contributed by atoms with Crippen molar-refractivity contribution in [3.8, 4) is 0 Å². The minimum absolute atomic E-state index is 0.156. The molecule has 1 fully saturated rings. The van der Waals surface area contributed by atoms with E-state index in [0.29, 0.717) is 25.7 Å². The smallest absolute Gasteiger partial charge is 0.229 e. The number of rotatable bonds is 9. The number of nitrogens with zero attached hydrogens (tertiary/aromatic N) is 1. The molecule has 1 aliphatic heterocycles. The fourth-order valence-corrected chi connectivity index (χ4v) is 1.86. The normalized spacial score (nSPS) is 15.2. The minimum Gasteiger partial charge on any atom is -0.380 e. The minimum atomic E-state index is -0.181. The highest BCUT2D eigenvalue weighted by atomic mass is 16.5. The third kappa shape index (κ3) is 6.14. The van der Waals surface area contributed by atoms with Crippen LogP contribution in [-0.4, -0.2) is 48.9 Å². The molecule has 0 aliphatic carbocycles.